The normalized spacial score (nSPS) is 25.4. The zero-order valence-corrected chi connectivity index (χ0v) is 70.8. The molecule has 3 fully saturated rings. The van der Waals surface area contributed by atoms with E-state index in [-0.39, 0.29) is 18.9 Å². The van der Waals surface area contributed by atoms with Gasteiger partial charge in [0.2, 0.25) is 5.91 Å². The Morgan fingerprint density at radius 1 is 0.325 bits per heavy atom. The molecule has 0 aromatic heterocycles. The minimum atomic E-state index is -1.98. The van der Waals surface area contributed by atoms with Gasteiger partial charge in [-0.2, -0.15) is 0 Å². The smallest absolute Gasteiger partial charge is 0.220 e. The Bertz CT molecular complexity index is 2580. The maximum atomic E-state index is 13.5. The molecule has 0 aromatic rings. The minimum absolute atomic E-state index is 0.246. The number of aliphatic hydroxyl groups is 11. The summed E-state index contributed by atoms with van der Waals surface area (Å²) in [6, 6.07) is -0.905. The topological polar surface area (TPSA) is 307 Å². The molecule has 12 N–H and O–H groups in total. The fourth-order valence-electron chi connectivity index (χ4n) is 14.6. The summed E-state index contributed by atoms with van der Waals surface area (Å²) >= 11 is 0. The summed E-state index contributed by atoms with van der Waals surface area (Å²) in [6.45, 7) is 1.71. The van der Waals surface area contributed by atoms with Crippen molar-refractivity contribution in [1.82, 2.24) is 5.32 Å². The van der Waals surface area contributed by atoms with Gasteiger partial charge in [0.25, 0.3) is 0 Å². The predicted molar refractivity (Wildman–Crippen MR) is 461 cm³/mol. The summed E-state index contributed by atoms with van der Waals surface area (Å²) in [5.41, 5.74) is 0. The highest BCUT2D eigenvalue weighted by atomic mass is 16.8. The average molecular weight is 1610 g/mol. The van der Waals surface area contributed by atoms with Crippen molar-refractivity contribution in [1.29, 1.82) is 0 Å². The fraction of sp³-hybridized carbons (Fsp3) is 0.758. The molecule has 0 aromatic carbocycles. The lowest BCUT2D eigenvalue weighted by Gasteiger charge is -2.48. The zero-order valence-electron chi connectivity index (χ0n) is 70.8. The van der Waals surface area contributed by atoms with E-state index in [0.717, 1.165) is 141 Å². The Balaban J connectivity index is 1.33. The molecule has 114 heavy (non-hydrogen) atoms. The van der Waals surface area contributed by atoms with E-state index in [9.17, 15) is 61.0 Å². The molecule has 0 bridgehead atoms. The van der Waals surface area contributed by atoms with Crippen LogP contribution in [-0.2, 0) is 33.2 Å². The number of hydrogen-bond donors (Lipinski definition) is 12. The number of unbranched alkanes of at least 4 members (excludes halogenated alkanes) is 34. The van der Waals surface area contributed by atoms with Crippen LogP contribution in [0.3, 0.4) is 0 Å². The molecule has 3 saturated heterocycles. The van der Waals surface area contributed by atoms with E-state index in [1.165, 1.54) is 154 Å². The number of rotatable bonds is 72. The van der Waals surface area contributed by atoms with E-state index < -0.39 is 124 Å². The van der Waals surface area contributed by atoms with E-state index >= 15 is 0 Å². The molecular formula is C95H163NO18. The zero-order chi connectivity index (χ0) is 82.4. The van der Waals surface area contributed by atoms with Crippen LogP contribution >= 0.6 is 0 Å². The van der Waals surface area contributed by atoms with Crippen LogP contribution in [0.5, 0.6) is 0 Å². The molecule has 656 valence electrons. The summed E-state index contributed by atoms with van der Waals surface area (Å²) in [5.74, 6) is -0.255. The van der Waals surface area contributed by atoms with Crippen LogP contribution in [0.1, 0.15) is 328 Å². The maximum Gasteiger partial charge on any atom is 0.220 e. The number of carbonyl (C=O) groups excluding carboxylic acids is 1. The molecule has 17 atom stereocenters. The van der Waals surface area contributed by atoms with Crippen molar-refractivity contribution in [3.05, 3.63) is 134 Å². The number of ether oxygens (including phenoxy) is 6. The summed E-state index contributed by atoms with van der Waals surface area (Å²) in [4.78, 5) is 13.5. The average Bonchev–Trinajstić information content (AvgIpc) is 0.782. The van der Waals surface area contributed by atoms with Crippen molar-refractivity contribution in [2.24, 2.45) is 0 Å². The first-order valence-corrected chi connectivity index (χ1v) is 45.4. The van der Waals surface area contributed by atoms with Crippen molar-refractivity contribution in [3.63, 3.8) is 0 Å². The SMILES string of the molecule is CC/C=C\C/C=C\C/C=C\C/C=C\C/C=C\C/C=C\C/C=C\C/C=C\C/C=C\C/C=C\C/C=C\CCCCCCCCCC(=O)NC(COC1OC(CO)C(OC2OC(CO)C(OC3OC(CO)C(O)C(O)C3O)C(O)C2O)C(O)C1O)C(O)CCCCCCCCCCCCCCCCCCCCCCCCCCCCCC. The highest BCUT2D eigenvalue weighted by molar-refractivity contribution is 5.76. The molecule has 0 spiro atoms. The van der Waals surface area contributed by atoms with Gasteiger partial charge in [-0.3, -0.25) is 4.79 Å². The van der Waals surface area contributed by atoms with E-state index in [1.54, 1.807) is 0 Å². The molecule has 0 radical (unpaired) electrons. The van der Waals surface area contributed by atoms with E-state index in [0.29, 0.717) is 12.8 Å². The highest BCUT2D eigenvalue weighted by Gasteiger charge is 2.54. The second-order valence-corrected chi connectivity index (χ2v) is 31.7. The Kier molecular flexibility index (Phi) is 66.6. The number of nitrogens with one attached hydrogen (secondary N) is 1. The van der Waals surface area contributed by atoms with Crippen LogP contribution in [-0.4, -0.2) is 193 Å². The second kappa shape index (κ2) is 72.9. The van der Waals surface area contributed by atoms with E-state index in [1.807, 2.05) is 0 Å². The van der Waals surface area contributed by atoms with Crippen LogP contribution in [0.2, 0.25) is 0 Å². The van der Waals surface area contributed by atoms with Gasteiger partial charge in [-0.25, -0.2) is 0 Å². The number of amides is 1. The molecule has 3 rings (SSSR count). The van der Waals surface area contributed by atoms with Gasteiger partial charge in [-0.05, 0) is 96.3 Å². The maximum absolute atomic E-state index is 13.5. The van der Waals surface area contributed by atoms with Gasteiger partial charge in [0.1, 0.15) is 73.2 Å². The lowest BCUT2D eigenvalue weighted by Crippen LogP contribution is -2.66. The fourth-order valence-corrected chi connectivity index (χ4v) is 14.6. The van der Waals surface area contributed by atoms with Crippen molar-refractivity contribution >= 4 is 5.91 Å². The first-order chi connectivity index (χ1) is 55.8. The molecule has 19 heteroatoms. The number of hydrogen-bond acceptors (Lipinski definition) is 18. The molecule has 3 heterocycles. The van der Waals surface area contributed by atoms with Crippen molar-refractivity contribution in [2.75, 3.05) is 26.4 Å². The van der Waals surface area contributed by atoms with Gasteiger partial charge in [-0.15, -0.1) is 0 Å². The van der Waals surface area contributed by atoms with Gasteiger partial charge in [0.15, 0.2) is 18.9 Å². The summed E-state index contributed by atoms with van der Waals surface area (Å²) in [6.07, 6.45) is 78.3. The lowest BCUT2D eigenvalue weighted by molar-refractivity contribution is -0.379. The highest BCUT2D eigenvalue weighted by Crippen LogP contribution is 2.33. The third-order valence-electron chi connectivity index (χ3n) is 21.7. The Morgan fingerprint density at radius 2 is 0.605 bits per heavy atom. The van der Waals surface area contributed by atoms with Crippen LogP contribution in [0.4, 0.5) is 0 Å². The molecule has 3 aliphatic heterocycles. The number of allylic oxidation sites excluding steroid dienone is 22. The largest absolute Gasteiger partial charge is 0.394 e. The quantitative estimate of drug-likeness (QED) is 0.0199. The van der Waals surface area contributed by atoms with Gasteiger partial charge in [0.05, 0.1) is 38.6 Å². The second-order valence-electron chi connectivity index (χ2n) is 31.7. The molecular weight excluding hydrogens is 1440 g/mol. The van der Waals surface area contributed by atoms with Crippen LogP contribution in [0.25, 0.3) is 0 Å². The Morgan fingerprint density at radius 3 is 0.947 bits per heavy atom. The molecule has 3 aliphatic rings. The van der Waals surface area contributed by atoms with E-state index in [4.69, 9.17) is 28.4 Å². The molecule has 19 nitrogen and oxygen atoms in total. The van der Waals surface area contributed by atoms with Crippen LogP contribution < -0.4 is 5.32 Å². The van der Waals surface area contributed by atoms with Gasteiger partial charge in [0, 0.05) is 6.42 Å². The first-order valence-electron chi connectivity index (χ1n) is 45.4. The van der Waals surface area contributed by atoms with Crippen molar-refractivity contribution in [3.8, 4) is 0 Å². The molecule has 1 amide bonds. The summed E-state index contributed by atoms with van der Waals surface area (Å²) in [5, 5.41) is 121. The number of carbonyl (C=O) groups is 1. The summed E-state index contributed by atoms with van der Waals surface area (Å²) < 4.78 is 34.6. The van der Waals surface area contributed by atoms with Gasteiger partial charge >= 0.3 is 0 Å². The van der Waals surface area contributed by atoms with Crippen molar-refractivity contribution < 1.29 is 89.4 Å². The lowest BCUT2D eigenvalue weighted by atomic mass is 9.96. The van der Waals surface area contributed by atoms with Crippen molar-refractivity contribution in [2.45, 2.75) is 433 Å². The minimum Gasteiger partial charge on any atom is -0.394 e. The molecule has 17 unspecified atom stereocenters. The molecule has 0 saturated carbocycles. The molecule has 0 aliphatic carbocycles. The first kappa shape index (κ1) is 104. The Hall–Kier alpha value is -4.07. The predicted octanol–water partition coefficient (Wildman–Crippen LogP) is 17.6. The summed E-state index contributed by atoms with van der Waals surface area (Å²) in [7, 11) is 0. The number of aliphatic hydroxyl groups excluding tert-OH is 11. The van der Waals surface area contributed by atoms with Crippen LogP contribution in [0.15, 0.2) is 134 Å². The Labute approximate surface area is 690 Å². The monoisotopic (exact) mass is 1610 g/mol. The van der Waals surface area contributed by atoms with Crippen LogP contribution in [0, 0.1) is 0 Å². The van der Waals surface area contributed by atoms with Gasteiger partial charge in [-0.1, -0.05) is 359 Å². The van der Waals surface area contributed by atoms with Gasteiger partial charge < -0.3 is 89.9 Å². The third-order valence-corrected chi connectivity index (χ3v) is 21.7. The third kappa shape index (κ3) is 50.8. The standard InChI is InChI=1S/C95H163NO18/c1-3-5-7-9-11-13-15-17-19-21-23-25-27-29-31-33-34-35-36-37-38-39-40-41-42-43-44-45-47-49-51-53-55-57-59-61-63-65-67-69-71-73-83(101)96-78(79(100)72-70-68-66-64-62-60-58-56-54-52-50-48-46-32-30-28-26-24-22-20-18-16-14-12-10-8-6-4-2)77-109-93-89(107)86(104)91(81(75-98)111-93)114-95-90(108)87(105)92(82(76-99)112-95)113-94-88(106)85(103)84(102)80(74-97)110-94/h5,7,11,13,17,19,23,25,29,31,34-35,37-38,40-41,43-44,47,49,53,55,78-82,84-95,97-100,102-108H,3-4,6,8-10,12,14-16,18,20-22,24,26-28,30,32-33,36,39,42,45-46,48,50-52,54,56-77H2,1-2H3,(H,96,101)/b7-5-,13-11-,19-17-,25-23-,31-29-,35-34-,38-37-,41-40-,44-43-,49-47-,55-53-. The van der Waals surface area contributed by atoms with E-state index in [2.05, 4.69) is 153 Å².